The van der Waals surface area contributed by atoms with Gasteiger partial charge in [-0.15, -0.1) is 0 Å². The first-order valence-corrected chi connectivity index (χ1v) is 8.86. The Morgan fingerprint density at radius 1 is 1.19 bits per heavy atom. The van der Waals surface area contributed by atoms with Crippen molar-refractivity contribution in [2.24, 2.45) is 0 Å². The number of rotatable bonds is 3. The largest absolute Gasteiger partial charge is 0.445 e. The second-order valence-corrected chi connectivity index (χ2v) is 7.52. The predicted molar refractivity (Wildman–Crippen MR) is 96.6 cm³/mol. The first kappa shape index (κ1) is 20.0. The fourth-order valence-corrected chi connectivity index (χ4v) is 2.70. The number of β-amino-alcohol motifs (C(OH)–C–C–N with tert-alkyl or cyclic N) is 1. The van der Waals surface area contributed by atoms with E-state index in [2.05, 4.69) is 5.32 Å². The number of benzene rings is 1. The molecule has 0 radical (unpaired) electrons. The molecular formula is C19H28N2O5. The summed E-state index contributed by atoms with van der Waals surface area (Å²) in [5.74, 6) is 0. The molecule has 1 aliphatic rings. The van der Waals surface area contributed by atoms with Gasteiger partial charge in [0.2, 0.25) is 0 Å². The maximum Gasteiger partial charge on any atom is 0.410 e. The van der Waals surface area contributed by atoms with E-state index in [4.69, 9.17) is 9.47 Å². The van der Waals surface area contributed by atoms with E-state index in [1.807, 2.05) is 30.3 Å². The molecule has 2 N–H and O–H groups in total. The molecule has 7 heteroatoms. The Hall–Kier alpha value is -2.28. The lowest BCUT2D eigenvalue weighted by molar-refractivity contribution is 0.0162. The zero-order valence-electron chi connectivity index (χ0n) is 15.6. The Morgan fingerprint density at radius 3 is 2.54 bits per heavy atom. The van der Waals surface area contributed by atoms with E-state index in [0.717, 1.165) is 5.56 Å². The maximum absolute atomic E-state index is 12.3. The molecule has 1 saturated heterocycles. The number of ether oxygens (including phenoxy) is 2. The standard InChI is InChI=1S/C19H28N2O5/c1-19(2,3)26-18(24)21-11-15(9-10-16(22)12-21)20-17(23)25-13-14-7-5-4-6-8-14/h4-8,15-16,22H,9-13H2,1-3H3,(H,20,23)/t15-,16+/m1/s1. The highest BCUT2D eigenvalue weighted by Crippen LogP contribution is 2.16. The number of aliphatic hydroxyl groups excluding tert-OH is 1. The molecule has 0 unspecified atom stereocenters. The van der Waals surface area contributed by atoms with E-state index in [-0.39, 0.29) is 25.7 Å². The molecule has 2 rings (SSSR count). The van der Waals surface area contributed by atoms with E-state index < -0.39 is 23.9 Å². The molecule has 1 aliphatic heterocycles. The van der Waals surface area contributed by atoms with Crippen LogP contribution < -0.4 is 5.32 Å². The van der Waals surface area contributed by atoms with Crippen molar-refractivity contribution in [2.75, 3.05) is 13.1 Å². The fraction of sp³-hybridized carbons (Fsp3) is 0.579. The number of carbonyl (C=O) groups excluding carboxylic acids is 2. The van der Waals surface area contributed by atoms with Crippen LogP contribution in [-0.2, 0) is 16.1 Å². The van der Waals surface area contributed by atoms with Gasteiger partial charge in [0.05, 0.1) is 12.1 Å². The SMILES string of the molecule is CC(C)(C)OC(=O)N1C[C@@H](O)CC[C@@H](NC(=O)OCc2ccccc2)C1. The number of likely N-dealkylation sites (tertiary alicyclic amines) is 1. The Labute approximate surface area is 154 Å². The highest BCUT2D eigenvalue weighted by molar-refractivity contribution is 5.69. The maximum atomic E-state index is 12.3. The molecule has 2 atom stereocenters. The van der Waals surface area contributed by atoms with Crippen LogP contribution >= 0.6 is 0 Å². The summed E-state index contributed by atoms with van der Waals surface area (Å²) in [5.41, 5.74) is 0.278. The summed E-state index contributed by atoms with van der Waals surface area (Å²) in [5, 5.41) is 12.8. The van der Waals surface area contributed by atoms with Crippen LogP contribution in [-0.4, -0.2) is 53.0 Å². The van der Waals surface area contributed by atoms with Crippen LogP contribution in [0.5, 0.6) is 0 Å². The van der Waals surface area contributed by atoms with Crippen LogP contribution in [0.25, 0.3) is 0 Å². The summed E-state index contributed by atoms with van der Waals surface area (Å²) in [6.45, 7) is 6.00. The monoisotopic (exact) mass is 364 g/mol. The average Bonchev–Trinajstić information content (AvgIpc) is 2.74. The highest BCUT2D eigenvalue weighted by atomic mass is 16.6. The molecule has 1 heterocycles. The van der Waals surface area contributed by atoms with Crippen molar-refractivity contribution in [2.45, 2.75) is 58.0 Å². The van der Waals surface area contributed by atoms with Crippen LogP contribution in [0.3, 0.4) is 0 Å². The van der Waals surface area contributed by atoms with Crippen LogP contribution in [0.2, 0.25) is 0 Å². The summed E-state index contributed by atoms with van der Waals surface area (Å²) in [4.78, 5) is 25.8. The lowest BCUT2D eigenvalue weighted by atomic mass is 10.1. The van der Waals surface area contributed by atoms with Gasteiger partial charge in [0.15, 0.2) is 0 Å². The first-order chi connectivity index (χ1) is 12.2. The number of hydrogen-bond donors (Lipinski definition) is 2. The van der Waals surface area contributed by atoms with Gasteiger partial charge in [-0.1, -0.05) is 30.3 Å². The first-order valence-electron chi connectivity index (χ1n) is 8.86. The molecule has 2 amide bonds. The highest BCUT2D eigenvalue weighted by Gasteiger charge is 2.30. The Kier molecular flexibility index (Phi) is 6.85. The Morgan fingerprint density at radius 2 is 1.88 bits per heavy atom. The van der Waals surface area contributed by atoms with Gasteiger partial charge in [0.25, 0.3) is 0 Å². The van der Waals surface area contributed by atoms with Crippen molar-refractivity contribution < 1.29 is 24.2 Å². The van der Waals surface area contributed by atoms with Crippen LogP contribution in [0, 0.1) is 0 Å². The molecular weight excluding hydrogens is 336 g/mol. The minimum absolute atomic E-state index is 0.178. The topological polar surface area (TPSA) is 88.1 Å². The molecule has 0 aromatic heterocycles. The zero-order valence-corrected chi connectivity index (χ0v) is 15.6. The number of carbonyl (C=O) groups is 2. The van der Waals surface area contributed by atoms with Crippen molar-refractivity contribution in [1.82, 2.24) is 10.2 Å². The van der Waals surface area contributed by atoms with E-state index in [0.29, 0.717) is 12.8 Å². The number of nitrogens with one attached hydrogen (secondary N) is 1. The third kappa shape index (κ3) is 6.92. The predicted octanol–water partition coefficient (Wildman–Crippen LogP) is 2.67. The van der Waals surface area contributed by atoms with Crippen molar-refractivity contribution in [3.63, 3.8) is 0 Å². The van der Waals surface area contributed by atoms with Crippen LogP contribution in [0.4, 0.5) is 9.59 Å². The summed E-state index contributed by atoms with van der Waals surface area (Å²) < 4.78 is 10.6. The third-order valence-electron chi connectivity index (χ3n) is 3.91. The molecule has 0 spiro atoms. The Balaban J connectivity index is 1.88. The molecule has 26 heavy (non-hydrogen) atoms. The normalized spacial score (nSPS) is 20.8. The van der Waals surface area contributed by atoms with Gasteiger partial charge >= 0.3 is 12.2 Å². The molecule has 7 nitrogen and oxygen atoms in total. The van der Waals surface area contributed by atoms with Gasteiger partial charge in [-0.25, -0.2) is 9.59 Å². The van der Waals surface area contributed by atoms with Crippen LogP contribution in [0.1, 0.15) is 39.2 Å². The minimum atomic E-state index is -0.644. The molecule has 144 valence electrons. The van der Waals surface area contributed by atoms with E-state index >= 15 is 0 Å². The molecule has 0 saturated carbocycles. The number of alkyl carbamates (subject to hydrolysis) is 1. The fourth-order valence-electron chi connectivity index (χ4n) is 2.70. The van der Waals surface area contributed by atoms with Crippen LogP contribution in [0.15, 0.2) is 30.3 Å². The van der Waals surface area contributed by atoms with E-state index in [9.17, 15) is 14.7 Å². The number of amides is 2. The average molecular weight is 364 g/mol. The van der Waals surface area contributed by atoms with Gasteiger partial charge in [-0.05, 0) is 39.2 Å². The molecule has 1 aromatic rings. The lowest BCUT2D eigenvalue weighted by Crippen LogP contribution is -2.47. The smallest absolute Gasteiger partial charge is 0.410 e. The van der Waals surface area contributed by atoms with Gasteiger partial charge in [0.1, 0.15) is 12.2 Å². The third-order valence-corrected chi connectivity index (χ3v) is 3.91. The molecule has 1 fully saturated rings. The lowest BCUT2D eigenvalue weighted by Gasteiger charge is -2.29. The van der Waals surface area contributed by atoms with Crippen molar-refractivity contribution in [3.05, 3.63) is 35.9 Å². The van der Waals surface area contributed by atoms with Crippen molar-refractivity contribution >= 4 is 12.2 Å². The minimum Gasteiger partial charge on any atom is -0.445 e. The number of hydrogen-bond acceptors (Lipinski definition) is 5. The summed E-state index contributed by atoms with van der Waals surface area (Å²) in [6, 6.07) is 9.09. The number of aliphatic hydroxyl groups is 1. The Bertz CT molecular complexity index is 600. The van der Waals surface area contributed by atoms with Gasteiger partial charge < -0.3 is 24.8 Å². The summed E-state index contributed by atoms with van der Waals surface area (Å²) >= 11 is 0. The van der Waals surface area contributed by atoms with E-state index in [1.165, 1.54) is 4.90 Å². The molecule has 0 bridgehead atoms. The van der Waals surface area contributed by atoms with Gasteiger partial charge in [-0.2, -0.15) is 0 Å². The van der Waals surface area contributed by atoms with Gasteiger partial charge in [0, 0.05) is 13.1 Å². The zero-order chi connectivity index (χ0) is 19.2. The number of nitrogens with zero attached hydrogens (tertiary/aromatic N) is 1. The second kappa shape index (κ2) is 8.89. The second-order valence-electron chi connectivity index (χ2n) is 7.52. The molecule has 0 aliphatic carbocycles. The van der Waals surface area contributed by atoms with Gasteiger partial charge in [-0.3, -0.25) is 0 Å². The van der Waals surface area contributed by atoms with Crippen molar-refractivity contribution in [3.8, 4) is 0 Å². The van der Waals surface area contributed by atoms with E-state index in [1.54, 1.807) is 20.8 Å². The quantitative estimate of drug-likeness (QED) is 0.861. The summed E-state index contributed by atoms with van der Waals surface area (Å²) in [7, 11) is 0. The van der Waals surface area contributed by atoms with Crippen molar-refractivity contribution in [1.29, 1.82) is 0 Å². The summed E-state index contributed by atoms with van der Waals surface area (Å²) in [6.07, 6.45) is -0.638. The molecule has 1 aromatic carbocycles.